The first-order valence-corrected chi connectivity index (χ1v) is 4.59. The number of aromatic nitrogens is 2. The molecule has 66 valence electrons. The van der Waals surface area contributed by atoms with Gasteiger partial charge in [-0.25, -0.2) is 0 Å². The molecule has 0 aliphatic heterocycles. The van der Waals surface area contributed by atoms with Gasteiger partial charge in [0.2, 0.25) is 0 Å². The monoisotopic (exact) mass is 165 g/mol. The Morgan fingerprint density at radius 1 is 1.67 bits per heavy atom. The van der Waals surface area contributed by atoms with Gasteiger partial charge in [0, 0.05) is 24.6 Å². The summed E-state index contributed by atoms with van der Waals surface area (Å²) < 4.78 is 0. The number of H-pyrrole nitrogens is 1. The Morgan fingerprint density at radius 2 is 2.50 bits per heavy atom. The minimum atomic E-state index is 0.768. The van der Waals surface area contributed by atoms with Gasteiger partial charge in [-0.05, 0) is 26.0 Å². The molecule has 1 aromatic rings. The molecule has 0 radical (unpaired) electrons. The van der Waals surface area contributed by atoms with E-state index in [9.17, 15) is 0 Å². The number of rotatable bonds is 4. The van der Waals surface area contributed by atoms with Gasteiger partial charge in [0.25, 0.3) is 0 Å². The molecule has 0 spiro atoms. The maximum absolute atomic E-state index is 4.28. The van der Waals surface area contributed by atoms with Crippen LogP contribution in [0.2, 0.25) is 0 Å². The van der Waals surface area contributed by atoms with E-state index in [-0.39, 0.29) is 0 Å². The van der Waals surface area contributed by atoms with Crippen molar-refractivity contribution in [2.75, 3.05) is 13.6 Å². The van der Waals surface area contributed by atoms with E-state index in [1.807, 2.05) is 7.05 Å². The van der Waals surface area contributed by atoms with Crippen LogP contribution in [0.1, 0.15) is 30.1 Å². The predicted octanol–water partition coefficient (Wildman–Crippen LogP) is 1.05. The van der Waals surface area contributed by atoms with Gasteiger partial charge in [0.1, 0.15) is 0 Å². The van der Waals surface area contributed by atoms with Gasteiger partial charge in [-0.1, -0.05) is 0 Å². The van der Waals surface area contributed by atoms with Crippen molar-refractivity contribution < 1.29 is 0 Å². The summed E-state index contributed by atoms with van der Waals surface area (Å²) in [5.74, 6) is 0.768. The van der Waals surface area contributed by atoms with Crippen LogP contribution in [0.15, 0.2) is 6.07 Å². The third-order valence-electron chi connectivity index (χ3n) is 2.29. The lowest BCUT2D eigenvalue weighted by atomic mass is 10.2. The summed E-state index contributed by atoms with van der Waals surface area (Å²) >= 11 is 0. The number of nitrogens with one attached hydrogen (secondary N) is 2. The summed E-state index contributed by atoms with van der Waals surface area (Å²) in [6, 6.07) is 2.20. The number of hydrogen-bond acceptors (Lipinski definition) is 2. The lowest BCUT2D eigenvalue weighted by Gasteiger charge is -1.93. The summed E-state index contributed by atoms with van der Waals surface area (Å²) in [6.45, 7) is 1.02. The molecule has 0 aromatic carbocycles. The molecule has 1 heterocycles. The fourth-order valence-corrected chi connectivity index (χ4v) is 1.36. The highest BCUT2D eigenvalue weighted by atomic mass is 15.1. The maximum atomic E-state index is 4.28. The molecule has 1 aliphatic carbocycles. The second-order valence-corrected chi connectivity index (χ2v) is 3.45. The molecule has 0 bridgehead atoms. The summed E-state index contributed by atoms with van der Waals surface area (Å²) in [7, 11) is 1.97. The van der Waals surface area contributed by atoms with E-state index in [1.165, 1.54) is 24.2 Å². The Labute approximate surface area is 72.6 Å². The normalized spacial score (nSPS) is 16.8. The molecule has 2 rings (SSSR count). The van der Waals surface area contributed by atoms with E-state index in [0.29, 0.717) is 0 Å². The van der Waals surface area contributed by atoms with Crippen molar-refractivity contribution in [3.8, 4) is 0 Å². The second-order valence-electron chi connectivity index (χ2n) is 3.45. The SMILES string of the molecule is CNCCc1cc(C2CC2)n[nH]1. The van der Waals surface area contributed by atoms with Crippen LogP contribution in [0.3, 0.4) is 0 Å². The van der Waals surface area contributed by atoms with Crippen LogP contribution in [0.5, 0.6) is 0 Å². The van der Waals surface area contributed by atoms with Crippen LogP contribution in [-0.4, -0.2) is 23.8 Å². The van der Waals surface area contributed by atoms with Gasteiger partial charge in [-0.3, -0.25) is 5.10 Å². The van der Waals surface area contributed by atoms with Crippen molar-refractivity contribution in [2.45, 2.75) is 25.2 Å². The highest BCUT2D eigenvalue weighted by Gasteiger charge is 2.25. The highest BCUT2D eigenvalue weighted by molar-refractivity contribution is 5.17. The van der Waals surface area contributed by atoms with E-state index in [1.54, 1.807) is 0 Å². The summed E-state index contributed by atoms with van der Waals surface area (Å²) in [6.07, 6.45) is 3.71. The lowest BCUT2D eigenvalue weighted by Crippen LogP contribution is -2.10. The van der Waals surface area contributed by atoms with Crippen molar-refractivity contribution in [2.24, 2.45) is 0 Å². The zero-order chi connectivity index (χ0) is 8.39. The molecule has 1 aromatic heterocycles. The first-order valence-electron chi connectivity index (χ1n) is 4.59. The first kappa shape index (κ1) is 7.80. The molecule has 12 heavy (non-hydrogen) atoms. The predicted molar refractivity (Wildman–Crippen MR) is 48.2 cm³/mol. The quantitative estimate of drug-likeness (QED) is 0.700. The van der Waals surface area contributed by atoms with Gasteiger partial charge in [-0.15, -0.1) is 0 Å². The Morgan fingerprint density at radius 3 is 3.17 bits per heavy atom. The minimum absolute atomic E-state index is 0.768. The molecular formula is C9H15N3. The van der Waals surface area contributed by atoms with Crippen LogP contribution < -0.4 is 5.32 Å². The number of hydrogen-bond donors (Lipinski definition) is 2. The van der Waals surface area contributed by atoms with E-state index in [0.717, 1.165) is 18.9 Å². The van der Waals surface area contributed by atoms with Gasteiger partial charge in [0.15, 0.2) is 0 Å². The third-order valence-corrected chi connectivity index (χ3v) is 2.29. The van der Waals surface area contributed by atoms with E-state index in [4.69, 9.17) is 0 Å². The Balaban J connectivity index is 1.93. The molecule has 2 N–H and O–H groups in total. The lowest BCUT2D eigenvalue weighted by molar-refractivity contribution is 0.772. The smallest absolute Gasteiger partial charge is 0.0655 e. The highest BCUT2D eigenvalue weighted by Crippen LogP contribution is 2.38. The van der Waals surface area contributed by atoms with Gasteiger partial charge in [-0.2, -0.15) is 5.10 Å². The molecule has 0 unspecified atom stereocenters. The van der Waals surface area contributed by atoms with Crippen molar-refractivity contribution in [3.63, 3.8) is 0 Å². The Kier molecular flexibility index (Phi) is 2.13. The average molecular weight is 165 g/mol. The van der Waals surface area contributed by atoms with Gasteiger partial charge in [0.05, 0.1) is 5.69 Å². The van der Waals surface area contributed by atoms with E-state index >= 15 is 0 Å². The molecule has 1 aliphatic rings. The molecule has 0 saturated heterocycles. The topological polar surface area (TPSA) is 40.7 Å². The summed E-state index contributed by atoms with van der Waals surface area (Å²) in [5.41, 5.74) is 2.52. The fraction of sp³-hybridized carbons (Fsp3) is 0.667. The van der Waals surface area contributed by atoms with E-state index < -0.39 is 0 Å². The van der Waals surface area contributed by atoms with Crippen molar-refractivity contribution in [1.29, 1.82) is 0 Å². The number of aromatic amines is 1. The van der Waals surface area contributed by atoms with Crippen LogP contribution in [0, 0.1) is 0 Å². The van der Waals surface area contributed by atoms with Crippen LogP contribution in [-0.2, 0) is 6.42 Å². The first-order chi connectivity index (χ1) is 5.90. The summed E-state index contributed by atoms with van der Waals surface area (Å²) in [5, 5.41) is 10.5. The zero-order valence-electron chi connectivity index (χ0n) is 7.43. The van der Waals surface area contributed by atoms with Crippen molar-refractivity contribution in [3.05, 3.63) is 17.5 Å². The van der Waals surface area contributed by atoms with Crippen molar-refractivity contribution >= 4 is 0 Å². The fourth-order valence-electron chi connectivity index (χ4n) is 1.36. The van der Waals surface area contributed by atoms with Crippen LogP contribution in [0.25, 0.3) is 0 Å². The molecule has 0 atom stereocenters. The molecule has 3 nitrogen and oxygen atoms in total. The Bertz CT molecular complexity index is 250. The molecule has 1 fully saturated rings. The minimum Gasteiger partial charge on any atom is -0.319 e. The molecule has 0 amide bonds. The van der Waals surface area contributed by atoms with Crippen LogP contribution >= 0.6 is 0 Å². The van der Waals surface area contributed by atoms with Crippen LogP contribution in [0.4, 0.5) is 0 Å². The zero-order valence-corrected chi connectivity index (χ0v) is 7.43. The summed E-state index contributed by atoms with van der Waals surface area (Å²) in [4.78, 5) is 0. The number of nitrogens with zero attached hydrogens (tertiary/aromatic N) is 1. The largest absolute Gasteiger partial charge is 0.319 e. The standard InChI is InChI=1S/C9H15N3/c1-10-5-4-8-6-9(12-11-8)7-2-3-7/h6-7,10H,2-5H2,1H3,(H,11,12). The van der Waals surface area contributed by atoms with E-state index in [2.05, 4.69) is 21.6 Å². The third kappa shape index (κ3) is 1.67. The van der Waals surface area contributed by atoms with Crippen molar-refractivity contribution in [1.82, 2.24) is 15.5 Å². The van der Waals surface area contributed by atoms with Gasteiger partial charge >= 0.3 is 0 Å². The molecule has 3 heteroatoms. The average Bonchev–Trinajstić information content (AvgIpc) is 2.83. The second kappa shape index (κ2) is 3.27. The maximum Gasteiger partial charge on any atom is 0.0655 e. The molecule has 1 saturated carbocycles. The molecular weight excluding hydrogens is 150 g/mol. The number of likely N-dealkylation sites (N-methyl/N-ethyl adjacent to an activating group) is 1. The van der Waals surface area contributed by atoms with Gasteiger partial charge < -0.3 is 5.32 Å². The Hall–Kier alpha value is -0.830.